The van der Waals surface area contributed by atoms with Gasteiger partial charge in [-0.2, -0.15) is 0 Å². The summed E-state index contributed by atoms with van der Waals surface area (Å²) in [5.41, 5.74) is 2.01. The monoisotopic (exact) mass is 458 g/mol. The van der Waals surface area contributed by atoms with Crippen molar-refractivity contribution in [1.29, 1.82) is 0 Å². The number of hydrogen-bond acceptors (Lipinski definition) is 5. The molecule has 3 heterocycles. The molecule has 2 aliphatic carbocycles. The molecule has 2 bridgehead atoms. The summed E-state index contributed by atoms with van der Waals surface area (Å²) in [6.45, 7) is 4.16. The van der Waals surface area contributed by atoms with Crippen LogP contribution in [0, 0.1) is 29.6 Å². The van der Waals surface area contributed by atoms with E-state index < -0.39 is 0 Å². The van der Waals surface area contributed by atoms with Gasteiger partial charge in [-0.15, -0.1) is 11.8 Å². The molecule has 2 amide bonds. The minimum atomic E-state index is -0.189. The molecular weight excluding hydrogens is 436 g/mol. The van der Waals surface area contributed by atoms with Crippen LogP contribution in [-0.4, -0.2) is 17.1 Å². The number of para-hydroxylation sites is 1. The van der Waals surface area contributed by atoms with E-state index in [-0.39, 0.29) is 41.4 Å². The zero-order valence-corrected chi connectivity index (χ0v) is 18.9. The maximum Gasteiger partial charge on any atom is 0.238 e. The lowest BCUT2D eigenvalue weighted by atomic mass is 9.68. The van der Waals surface area contributed by atoms with E-state index in [0.29, 0.717) is 16.9 Å². The van der Waals surface area contributed by atoms with Crippen molar-refractivity contribution >= 4 is 41.0 Å². The topological polar surface area (TPSA) is 49.4 Å². The number of anilines is 1. The molecule has 0 spiro atoms. The van der Waals surface area contributed by atoms with Crippen molar-refractivity contribution < 1.29 is 9.59 Å². The molecule has 2 aromatic carbocycles. The summed E-state index contributed by atoms with van der Waals surface area (Å²) in [6.07, 6.45) is 0.979. The first kappa shape index (κ1) is 19.1. The van der Waals surface area contributed by atoms with Gasteiger partial charge in [0.2, 0.25) is 11.8 Å². The SMILES string of the molecule is C=C1NC2=C(S1)[C@@H](c1ccccc1)[C@@H]1[C@@H]3C[C@H]([C@@H]1S2)[C@@H]1C(=O)N(c2ccccc2)C(=O)[C@H]31. The van der Waals surface area contributed by atoms with Crippen molar-refractivity contribution in [3.8, 4) is 0 Å². The van der Waals surface area contributed by atoms with Gasteiger partial charge in [0.25, 0.3) is 0 Å². The number of fused-ring (bicyclic) bond motifs is 8. The first-order valence-corrected chi connectivity index (χ1v) is 12.9. The predicted molar refractivity (Wildman–Crippen MR) is 128 cm³/mol. The second-order valence-electron chi connectivity index (χ2n) is 9.35. The third-order valence-corrected chi connectivity index (χ3v) is 10.6. The molecule has 0 aromatic heterocycles. The van der Waals surface area contributed by atoms with E-state index >= 15 is 0 Å². The molecule has 7 rings (SSSR count). The molecule has 2 saturated carbocycles. The molecule has 4 nitrogen and oxygen atoms in total. The number of nitrogens with zero attached hydrogens (tertiary/aromatic N) is 1. The zero-order chi connectivity index (χ0) is 21.6. The number of allylic oxidation sites excluding steroid dienone is 1. The summed E-state index contributed by atoms with van der Waals surface area (Å²) >= 11 is 3.64. The van der Waals surface area contributed by atoms with Gasteiger partial charge in [0.15, 0.2) is 0 Å². The highest BCUT2D eigenvalue weighted by atomic mass is 32.2. The molecule has 0 radical (unpaired) electrons. The molecule has 5 aliphatic rings. The lowest BCUT2D eigenvalue weighted by Gasteiger charge is -2.43. The average molecular weight is 459 g/mol. The van der Waals surface area contributed by atoms with Crippen LogP contribution in [0.2, 0.25) is 0 Å². The second-order valence-corrected chi connectivity index (χ2v) is 11.7. The molecule has 1 saturated heterocycles. The van der Waals surface area contributed by atoms with E-state index in [4.69, 9.17) is 0 Å². The smallest absolute Gasteiger partial charge is 0.238 e. The highest BCUT2D eigenvalue weighted by Crippen LogP contribution is 2.70. The Bertz CT molecular complexity index is 1190. The Kier molecular flexibility index (Phi) is 4.04. The van der Waals surface area contributed by atoms with Crippen LogP contribution in [0.15, 0.2) is 82.2 Å². The van der Waals surface area contributed by atoms with Crippen LogP contribution in [0.5, 0.6) is 0 Å². The van der Waals surface area contributed by atoms with E-state index in [9.17, 15) is 9.59 Å². The third-order valence-electron chi connectivity index (χ3n) is 7.96. The van der Waals surface area contributed by atoms with Crippen molar-refractivity contribution in [3.05, 3.63) is 87.8 Å². The number of nitrogens with one attached hydrogen (secondary N) is 1. The van der Waals surface area contributed by atoms with Gasteiger partial charge in [-0.3, -0.25) is 14.5 Å². The van der Waals surface area contributed by atoms with Gasteiger partial charge in [0, 0.05) is 16.1 Å². The van der Waals surface area contributed by atoms with Gasteiger partial charge in [-0.25, -0.2) is 0 Å². The molecule has 6 heteroatoms. The fourth-order valence-corrected chi connectivity index (χ4v) is 9.93. The predicted octanol–water partition coefficient (Wildman–Crippen LogP) is 4.93. The fourth-order valence-electron chi connectivity index (χ4n) is 6.95. The summed E-state index contributed by atoms with van der Waals surface area (Å²) in [6, 6.07) is 20.1. The second kappa shape index (κ2) is 6.78. The quantitative estimate of drug-likeness (QED) is 0.647. The number of imide groups is 1. The first-order valence-electron chi connectivity index (χ1n) is 11.2. The summed E-state index contributed by atoms with van der Waals surface area (Å²) in [5, 5.41) is 6.01. The number of thioether (sulfide) groups is 2. The molecule has 1 N–H and O–H groups in total. The Morgan fingerprint density at radius 2 is 1.56 bits per heavy atom. The highest BCUT2D eigenvalue weighted by Gasteiger charge is 2.69. The Morgan fingerprint density at radius 3 is 2.28 bits per heavy atom. The lowest BCUT2D eigenvalue weighted by molar-refractivity contribution is -0.123. The minimum Gasteiger partial charge on any atom is -0.344 e. The van der Waals surface area contributed by atoms with Crippen LogP contribution in [0.25, 0.3) is 0 Å². The normalized spacial score (nSPS) is 36.9. The van der Waals surface area contributed by atoms with E-state index in [2.05, 4.69) is 42.2 Å². The molecule has 0 unspecified atom stereocenters. The molecule has 32 heavy (non-hydrogen) atoms. The maximum absolute atomic E-state index is 13.6. The first-order chi connectivity index (χ1) is 15.6. The number of carbonyl (C=O) groups excluding carboxylic acids is 2. The number of benzene rings is 2. The molecule has 3 fully saturated rings. The molecule has 2 aromatic rings. The molecule has 7 atom stereocenters. The van der Waals surface area contributed by atoms with Crippen LogP contribution >= 0.6 is 23.5 Å². The summed E-state index contributed by atoms with van der Waals surface area (Å²) in [5.74, 6) is 0.733. The Labute approximate surface area is 195 Å². The number of carbonyl (C=O) groups is 2. The van der Waals surface area contributed by atoms with Gasteiger partial charge in [0.05, 0.1) is 27.6 Å². The van der Waals surface area contributed by atoms with Crippen LogP contribution in [0.3, 0.4) is 0 Å². The van der Waals surface area contributed by atoms with Gasteiger partial charge in [-0.1, -0.05) is 66.9 Å². The van der Waals surface area contributed by atoms with E-state index in [1.807, 2.05) is 42.1 Å². The summed E-state index contributed by atoms with van der Waals surface area (Å²) < 4.78 is 0. The van der Waals surface area contributed by atoms with Crippen molar-refractivity contribution in [3.63, 3.8) is 0 Å². The summed E-state index contributed by atoms with van der Waals surface area (Å²) in [4.78, 5) is 30.0. The zero-order valence-electron chi connectivity index (χ0n) is 17.3. The lowest BCUT2D eigenvalue weighted by Crippen LogP contribution is -2.43. The van der Waals surface area contributed by atoms with Gasteiger partial charge in [-0.05, 0) is 41.9 Å². The highest BCUT2D eigenvalue weighted by molar-refractivity contribution is 8.10. The number of amides is 2. The Morgan fingerprint density at radius 1 is 0.906 bits per heavy atom. The van der Waals surface area contributed by atoms with Crippen LogP contribution in [0.4, 0.5) is 5.69 Å². The van der Waals surface area contributed by atoms with Crippen molar-refractivity contribution in [1.82, 2.24) is 5.32 Å². The van der Waals surface area contributed by atoms with E-state index in [1.165, 1.54) is 20.4 Å². The van der Waals surface area contributed by atoms with Crippen LogP contribution < -0.4 is 10.2 Å². The van der Waals surface area contributed by atoms with Crippen molar-refractivity contribution in [2.45, 2.75) is 17.6 Å². The van der Waals surface area contributed by atoms with Crippen molar-refractivity contribution in [2.75, 3.05) is 4.90 Å². The van der Waals surface area contributed by atoms with Gasteiger partial charge < -0.3 is 5.32 Å². The molecular formula is C26H22N2O2S2. The largest absolute Gasteiger partial charge is 0.344 e. The maximum atomic E-state index is 13.6. The Hall–Kier alpha value is -2.44. The van der Waals surface area contributed by atoms with Crippen LogP contribution in [0.1, 0.15) is 17.9 Å². The fraction of sp³-hybridized carbons (Fsp3) is 0.308. The average Bonchev–Trinajstić information content (AvgIpc) is 3.53. The minimum absolute atomic E-state index is 0.00644. The van der Waals surface area contributed by atoms with Gasteiger partial charge >= 0.3 is 0 Å². The van der Waals surface area contributed by atoms with Crippen LogP contribution in [-0.2, 0) is 9.59 Å². The van der Waals surface area contributed by atoms with E-state index in [1.54, 1.807) is 11.8 Å². The standard InChI is InChI=1S/C26H22N2O2S2/c1-13-27-24-23(31-13)18(14-8-4-2-5-9-14)19-16-12-17(22(19)32-24)21-20(16)25(29)28(26(21)30)15-10-6-3-7-11-15/h2-11,16-22,27H,1,12H2/t16-,17-,18-,19-,20+,21-,22-/m0/s1. The number of rotatable bonds is 2. The third kappa shape index (κ3) is 2.42. The van der Waals surface area contributed by atoms with Crippen molar-refractivity contribution in [2.24, 2.45) is 29.6 Å². The Balaban J connectivity index is 1.32. The van der Waals surface area contributed by atoms with Gasteiger partial charge in [0.1, 0.15) is 0 Å². The molecule has 3 aliphatic heterocycles. The summed E-state index contributed by atoms with van der Waals surface area (Å²) in [7, 11) is 0. The molecule has 160 valence electrons. The van der Waals surface area contributed by atoms with E-state index in [0.717, 1.165) is 11.4 Å². The number of hydrogen-bond donors (Lipinski definition) is 1.